The van der Waals surface area contributed by atoms with Crippen LogP contribution in [0.3, 0.4) is 0 Å². The van der Waals surface area contributed by atoms with Crippen molar-refractivity contribution in [3.05, 3.63) is 124 Å². The van der Waals surface area contributed by atoms with Gasteiger partial charge in [-0.25, -0.2) is 19.9 Å². The zero-order chi connectivity index (χ0) is 49.3. The van der Waals surface area contributed by atoms with E-state index >= 15 is 0 Å². The van der Waals surface area contributed by atoms with E-state index in [1.165, 1.54) is 43.4 Å². The summed E-state index contributed by atoms with van der Waals surface area (Å²) in [7, 11) is 1.59. The quantitative estimate of drug-likeness (QED) is 0.0407. The maximum absolute atomic E-state index is 13.3. The lowest BCUT2D eigenvalue weighted by Gasteiger charge is -2.13. The van der Waals surface area contributed by atoms with Crippen LogP contribution in [-0.4, -0.2) is 108 Å². The summed E-state index contributed by atoms with van der Waals surface area (Å²) in [4.78, 5) is 40.2. The van der Waals surface area contributed by atoms with E-state index in [4.69, 9.17) is 20.3 Å². The lowest BCUT2D eigenvalue weighted by molar-refractivity contribution is -0.138. The van der Waals surface area contributed by atoms with Gasteiger partial charge in [-0.15, -0.1) is 0 Å². The number of carbonyl (C=O) groups excluding carboxylic acids is 2. The maximum atomic E-state index is 13.3. The van der Waals surface area contributed by atoms with Gasteiger partial charge >= 0.3 is 19.5 Å². The number of nitrogens with one attached hydrogen (secondary N) is 4. The van der Waals surface area contributed by atoms with Crippen LogP contribution in [0.4, 0.5) is 38.0 Å². The molecule has 4 aromatic heterocycles. The molecule has 0 radical (unpaired) electrons. The highest BCUT2D eigenvalue weighted by Gasteiger charge is 2.32. The Bertz CT molecular complexity index is 3040. The minimum atomic E-state index is -4.50. The molecule has 0 spiro atoms. The molecule has 8 aromatic rings. The van der Waals surface area contributed by atoms with Gasteiger partial charge in [-0.05, 0) is 94.9 Å². The van der Waals surface area contributed by atoms with Gasteiger partial charge in [-0.1, -0.05) is 24.3 Å². The predicted octanol–water partition coefficient (Wildman–Crippen LogP) is 5.91. The molecule has 16 nitrogen and oxygen atoms in total. The van der Waals surface area contributed by atoms with Crippen molar-refractivity contribution in [3.8, 4) is 11.3 Å². The zero-order valence-electron chi connectivity index (χ0n) is 36.0. The third-order valence-electron chi connectivity index (χ3n) is 10.1. The first-order valence-electron chi connectivity index (χ1n) is 20.5. The molecule has 8 rings (SSSR count). The molecule has 24 heteroatoms. The number of aliphatic hydroxyl groups excluding tert-OH is 2. The number of benzene rings is 4. The van der Waals surface area contributed by atoms with E-state index in [2.05, 4.69) is 57.1 Å². The average Bonchev–Trinajstić information content (AvgIpc) is 3.96. The molecule has 0 aliphatic rings. The molecule has 0 unspecified atom stereocenters. The van der Waals surface area contributed by atoms with Crippen LogP contribution in [-0.2, 0) is 12.4 Å². The number of carbonyl (C=O) groups is 2. The lowest BCUT2D eigenvalue weighted by atomic mass is 9.80. The van der Waals surface area contributed by atoms with Crippen LogP contribution in [0.25, 0.3) is 44.6 Å². The summed E-state index contributed by atoms with van der Waals surface area (Å²) >= 11 is 3.34. The number of aliphatic hydroxyl groups is 2. The summed E-state index contributed by atoms with van der Waals surface area (Å²) in [5.74, 6) is 0.271. The van der Waals surface area contributed by atoms with E-state index in [-0.39, 0.29) is 36.1 Å². The van der Waals surface area contributed by atoms with Crippen molar-refractivity contribution >= 4 is 85.3 Å². The second-order valence-electron chi connectivity index (χ2n) is 14.6. The van der Waals surface area contributed by atoms with Crippen LogP contribution in [0.1, 0.15) is 44.7 Å². The van der Waals surface area contributed by atoms with Crippen molar-refractivity contribution in [1.82, 2.24) is 39.4 Å². The fourth-order valence-electron chi connectivity index (χ4n) is 6.69. The highest BCUT2D eigenvalue weighted by Crippen LogP contribution is 2.35. The molecule has 68 heavy (non-hydrogen) atoms. The first kappa shape index (κ1) is 50.6. The minimum Gasteiger partial charge on any atom is -0.423 e. The molecule has 356 valence electrons. The van der Waals surface area contributed by atoms with Crippen molar-refractivity contribution in [3.63, 3.8) is 0 Å². The maximum Gasteiger partial charge on any atom is 0.488 e. The number of hydrogen-bond donors (Lipinski definition) is 8. The topological polar surface area (TPSA) is 224 Å². The second kappa shape index (κ2) is 21.8. The summed E-state index contributed by atoms with van der Waals surface area (Å²) in [6.07, 6.45) is -4.81. The Morgan fingerprint density at radius 2 is 1.09 bits per heavy atom. The molecule has 0 fully saturated rings. The molecule has 2 amide bonds. The normalized spacial score (nSPS) is 11.5. The van der Waals surface area contributed by atoms with Crippen LogP contribution in [0.5, 0.6) is 0 Å². The summed E-state index contributed by atoms with van der Waals surface area (Å²) in [5.41, 5.74) is 3.45. The lowest BCUT2D eigenvalue weighted by Crippen LogP contribution is -2.30. The SMILES string of the molecule is CNC(=O)c1ccc(-c2cnc3c(NCCCO)nc4cc(C(F)(F)F)ccc4n23)cc1.CNC(=O)c1ccc(B(O)O)cc1.OCCCNc1nc2cc(C(F)(F)F)ccc2n2c(Br)cnc12. The minimum absolute atomic E-state index is 0.00717. The molecule has 0 aliphatic carbocycles. The summed E-state index contributed by atoms with van der Waals surface area (Å²) in [5, 5.41) is 46.5. The van der Waals surface area contributed by atoms with E-state index in [0.717, 1.165) is 29.8 Å². The fourth-order valence-corrected chi connectivity index (χ4v) is 7.15. The largest absolute Gasteiger partial charge is 0.488 e. The van der Waals surface area contributed by atoms with E-state index in [0.29, 0.717) is 86.8 Å². The Kier molecular flexibility index (Phi) is 16.2. The number of fused-ring (bicyclic) bond motifs is 6. The molecule has 0 saturated carbocycles. The van der Waals surface area contributed by atoms with Crippen LogP contribution in [0, 0.1) is 0 Å². The summed E-state index contributed by atoms with van der Waals surface area (Å²) in [6.45, 7) is 0.792. The number of nitrogens with zero attached hydrogens (tertiary/aromatic N) is 6. The first-order valence-corrected chi connectivity index (χ1v) is 21.3. The highest BCUT2D eigenvalue weighted by atomic mass is 79.9. The predicted molar refractivity (Wildman–Crippen MR) is 248 cm³/mol. The Morgan fingerprint density at radius 3 is 1.53 bits per heavy atom. The van der Waals surface area contributed by atoms with E-state index in [1.807, 2.05) is 0 Å². The van der Waals surface area contributed by atoms with Gasteiger partial charge in [0.25, 0.3) is 11.8 Å². The van der Waals surface area contributed by atoms with Crippen molar-refractivity contribution in [2.45, 2.75) is 25.2 Å². The standard InChI is InChI=1S/C22H20F3N5O2.C14H12BrF3N4O.C8H10BNO3/c1-26-21(32)14-5-3-13(4-6-14)18-12-28-20-19(27-9-2-10-31)29-16-11-15(22(23,24)25)7-8-17(16)30(18)20;15-11-7-20-13-12(19-4-1-5-23)21-9-6-8(14(16,17)18)2-3-10(9)22(11)13;1-10-8(11)6-2-4-7(5-3-6)9(12)13/h3-8,11-12,31H,2,9-10H2,1H3,(H,26,32)(H,27,29);2-3,6-7,23H,1,4-5H2,(H,19,21);2-5,12-13H,1H3,(H,10,11). The van der Waals surface area contributed by atoms with Gasteiger partial charge in [0.1, 0.15) is 4.60 Å². The number of imidazole rings is 2. The average molecular weight is 1010 g/mol. The number of alkyl halides is 6. The number of anilines is 2. The summed E-state index contributed by atoms with van der Waals surface area (Å²) in [6, 6.07) is 19.7. The van der Waals surface area contributed by atoms with Crippen LogP contribution >= 0.6 is 15.9 Å². The fraction of sp³-hybridized carbons (Fsp3) is 0.227. The third-order valence-corrected chi connectivity index (χ3v) is 10.6. The van der Waals surface area contributed by atoms with Crippen LogP contribution < -0.4 is 26.7 Å². The van der Waals surface area contributed by atoms with Gasteiger partial charge in [0, 0.05) is 57.1 Å². The Hall–Kier alpha value is -6.86. The molecular weight excluding hydrogens is 969 g/mol. The number of hydrogen-bond acceptors (Lipinski definition) is 12. The van der Waals surface area contributed by atoms with Crippen molar-refractivity contribution in [1.29, 1.82) is 0 Å². The smallest absolute Gasteiger partial charge is 0.423 e. The number of aromatic nitrogens is 6. The third kappa shape index (κ3) is 11.6. The molecule has 4 aromatic carbocycles. The number of halogens is 7. The number of amides is 2. The number of rotatable bonds is 12. The zero-order valence-corrected chi connectivity index (χ0v) is 37.6. The van der Waals surface area contributed by atoms with Gasteiger partial charge in [-0.3, -0.25) is 18.4 Å². The highest BCUT2D eigenvalue weighted by molar-refractivity contribution is 9.10. The van der Waals surface area contributed by atoms with Gasteiger partial charge in [-0.2, -0.15) is 26.3 Å². The van der Waals surface area contributed by atoms with Crippen LogP contribution in [0.2, 0.25) is 0 Å². The molecule has 0 saturated heterocycles. The van der Waals surface area contributed by atoms with E-state index in [1.54, 1.807) is 52.5 Å². The molecule has 0 bridgehead atoms. The molecule has 0 aliphatic heterocycles. The molecular formula is C44H42BBrF6N10O6. The Labute approximate surface area is 391 Å². The van der Waals surface area contributed by atoms with E-state index < -0.39 is 30.6 Å². The van der Waals surface area contributed by atoms with Crippen molar-refractivity contribution in [2.24, 2.45) is 0 Å². The first-order chi connectivity index (χ1) is 32.4. The monoisotopic (exact) mass is 1010 g/mol. The Morgan fingerprint density at radius 1 is 0.647 bits per heavy atom. The van der Waals surface area contributed by atoms with Crippen LogP contribution in [0.15, 0.2) is 102 Å². The van der Waals surface area contributed by atoms with E-state index in [9.17, 15) is 35.9 Å². The second-order valence-corrected chi connectivity index (χ2v) is 15.4. The van der Waals surface area contributed by atoms with Gasteiger partial charge in [0.05, 0.1) is 51.3 Å². The Balaban J connectivity index is 0.000000184. The van der Waals surface area contributed by atoms with Gasteiger partial charge in [0.2, 0.25) is 0 Å². The van der Waals surface area contributed by atoms with Gasteiger partial charge in [0.15, 0.2) is 22.9 Å². The summed E-state index contributed by atoms with van der Waals surface area (Å²) < 4.78 is 82.5. The van der Waals surface area contributed by atoms with Crippen molar-refractivity contribution < 1.29 is 56.2 Å². The van der Waals surface area contributed by atoms with Crippen molar-refractivity contribution in [2.75, 3.05) is 51.0 Å². The molecule has 4 heterocycles. The van der Waals surface area contributed by atoms with Gasteiger partial charge < -0.3 is 41.5 Å². The molecule has 0 atom stereocenters. The molecule has 8 N–H and O–H groups in total.